The molecule has 11 heteroatoms. The molecule has 38 heavy (non-hydrogen) atoms. The van der Waals surface area contributed by atoms with Crippen molar-refractivity contribution in [3.05, 3.63) is 51.5 Å². The van der Waals surface area contributed by atoms with Crippen molar-refractivity contribution in [2.24, 2.45) is 10.2 Å². The average molecular weight is 584 g/mol. The Morgan fingerprint density at radius 2 is 2.13 bits per heavy atom. The summed E-state index contributed by atoms with van der Waals surface area (Å²) in [7, 11) is 0. The van der Waals surface area contributed by atoms with E-state index in [1.165, 1.54) is 0 Å². The van der Waals surface area contributed by atoms with Gasteiger partial charge in [-0.2, -0.15) is 0 Å². The van der Waals surface area contributed by atoms with Crippen LogP contribution < -0.4 is 10.1 Å². The third-order valence-corrected chi connectivity index (χ3v) is 7.68. The number of benzene rings is 2. The first-order valence-corrected chi connectivity index (χ1v) is 13.6. The minimum Gasteiger partial charge on any atom is -0.493 e. The largest absolute Gasteiger partial charge is 0.493 e. The first-order chi connectivity index (χ1) is 18.4. The number of amides is 2. The predicted octanol–water partition coefficient (Wildman–Crippen LogP) is 4.00. The van der Waals surface area contributed by atoms with Crippen molar-refractivity contribution in [2.75, 3.05) is 32.8 Å². The van der Waals surface area contributed by atoms with Crippen molar-refractivity contribution in [1.29, 1.82) is 0 Å². The van der Waals surface area contributed by atoms with Gasteiger partial charge in [0.2, 0.25) is 5.88 Å². The second-order valence-electron chi connectivity index (χ2n) is 9.64. The maximum absolute atomic E-state index is 12.8. The highest BCUT2D eigenvalue weighted by atomic mass is 79.9. The summed E-state index contributed by atoms with van der Waals surface area (Å²) in [6.45, 7) is 3.14. The van der Waals surface area contributed by atoms with E-state index in [-0.39, 0.29) is 36.5 Å². The zero-order valence-electron chi connectivity index (χ0n) is 20.9. The molecule has 0 bridgehead atoms. The van der Waals surface area contributed by atoms with E-state index in [2.05, 4.69) is 41.4 Å². The molecule has 1 aromatic heterocycles. The summed E-state index contributed by atoms with van der Waals surface area (Å²) in [6.07, 6.45) is 3.80. The Bertz CT molecular complexity index is 1390. The number of fused-ring (bicyclic) bond motifs is 2. The normalized spacial score (nSPS) is 17.3. The van der Waals surface area contributed by atoms with E-state index in [0.717, 1.165) is 55.6 Å². The highest BCUT2D eigenvalue weighted by Crippen LogP contribution is 2.40. The van der Waals surface area contributed by atoms with Crippen LogP contribution >= 0.6 is 15.9 Å². The molecule has 3 aromatic rings. The number of aliphatic hydroxyl groups excluding tert-OH is 1. The lowest BCUT2D eigenvalue weighted by molar-refractivity contribution is -0.117. The molecule has 0 spiro atoms. The molecule has 0 saturated carbocycles. The summed E-state index contributed by atoms with van der Waals surface area (Å²) >= 11 is 3.47. The van der Waals surface area contributed by atoms with E-state index in [4.69, 9.17) is 4.74 Å². The van der Waals surface area contributed by atoms with E-state index >= 15 is 0 Å². The van der Waals surface area contributed by atoms with Gasteiger partial charge < -0.3 is 25.3 Å². The predicted molar refractivity (Wildman–Crippen MR) is 145 cm³/mol. The Kier molecular flexibility index (Phi) is 8.06. The van der Waals surface area contributed by atoms with Crippen LogP contribution in [-0.2, 0) is 17.6 Å². The monoisotopic (exact) mass is 583 g/mol. The zero-order chi connectivity index (χ0) is 26.6. The first kappa shape index (κ1) is 26.3. The van der Waals surface area contributed by atoms with Crippen molar-refractivity contribution in [3.63, 3.8) is 0 Å². The van der Waals surface area contributed by atoms with Gasteiger partial charge in [-0.1, -0.05) is 12.1 Å². The molecule has 4 N–H and O–H groups in total. The molecule has 5 rings (SSSR count). The number of aromatic nitrogens is 1. The van der Waals surface area contributed by atoms with Gasteiger partial charge in [0.25, 0.3) is 11.8 Å². The minimum absolute atomic E-state index is 0.0871. The van der Waals surface area contributed by atoms with Crippen molar-refractivity contribution in [3.8, 4) is 11.6 Å². The van der Waals surface area contributed by atoms with E-state index < -0.39 is 5.91 Å². The number of azo groups is 1. The van der Waals surface area contributed by atoms with Gasteiger partial charge in [0.1, 0.15) is 5.75 Å². The number of carbonyl (C=O) groups is 2. The summed E-state index contributed by atoms with van der Waals surface area (Å²) in [5.74, 6) is -0.0693. The molecule has 2 aliphatic heterocycles. The number of hydrogen-bond acceptors (Lipinski definition) is 7. The molecule has 200 valence electrons. The fourth-order valence-electron chi connectivity index (χ4n) is 5.13. The van der Waals surface area contributed by atoms with Crippen LogP contribution in [0.3, 0.4) is 0 Å². The summed E-state index contributed by atoms with van der Waals surface area (Å²) < 4.78 is 6.04. The highest BCUT2D eigenvalue weighted by Gasteiger charge is 2.23. The fraction of sp³-hybridized carbons (Fsp3) is 0.407. The van der Waals surface area contributed by atoms with Crippen LogP contribution in [0.15, 0.2) is 45.0 Å². The van der Waals surface area contributed by atoms with Crippen LogP contribution in [0.5, 0.6) is 11.6 Å². The van der Waals surface area contributed by atoms with E-state index in [1.807, 2.05) is 18.2 Å². The molecular formula is C27H30BrN5O5. The number of aromatic amines is 1. The van der Waals surface area contributed by atoms with Crippen molar-refractivity contribution < 1.29 is 24.5 Å². The van der Waals surface area contributed by atoms with Gasteiger partial charge in [0.05, 0.1) is 25.2 Å². The number of rotatable bonds is 9. The number of aliphatic hydroxyl groups is 1. The maximum atomic E-state index is 12.8. The molecule has 0 unspecified atom stereocenters. The molecule has 1 saturated heterocycles. The summed E-state index contributed by atoms with van der Waals surface area (Å²) in [5.41, 5.74) is 2.93. The number of halogens is 1. The molecule has 0 radical (unpaired) electrons. The molecular weight excluding hydrogens is 554 g/mol. The molecule has 2 amide bonds. The van der Waals surface area contributed by atoms with E-state index in [1.54, 1.807) is 12.1 Å². The number of likely N-dealkylation sites (tertiary alicyclic amines) is 1. The van der Waals surface area contributed by atoms with Crippen molar-refractivity contribution >= 4 is 44.3 Å². The number of nitrogens with zero attached hydrogens (tertiary/aromatic N) is 3. The quantitative estimate of drug-likeness (QED) is 0.222. The van der Waals surface area contributed by atoms with Crippen LogP contribution in [0.25, 0.3) is 10.9 Å². The standard InChI is InChI=1S/C27H30BrN5O5/c28-20-13-18(26(36)29-7-2-9-33-8-1-3-19(33)15-34)14-21-24(20)25(27(37)30-21)32-31-23(35)12-16-4-5-22-17(11-16)6-10-38-22/h4-5,11,13-14,19,30,34,37H,1-3,6-10,12,15H2,(H,29,36)/t19-/m1/s1. The molecule has 3 heterocycles. The molecule has 0 aliphatic carbocycles. The van der Waals surface area contributed by atoms with E-state index in [0.29, 0.717) is 34.1 Å². The number of hydrogen-bond donors (Lipinski definition) is 4. The van der Waals surface area contributed by atoms with Crippen LogP contribution in [0.4, 0.5) is 5.69 Å². The van der Waals surface area contributed by atoms with Gasteiger partial charge in [0, 0.05) is 41.0 Å². The summed E-state index contributed by atoms with van der Waals surface area (Å²) in [5, 5.41) is 31.2. The van der Waals surface area contributed by atoms with Gasteiger partial charge in [-0.05, 0) is 71.1 Å². The Morgan fingerprint density at radius 3 is 2.97 bits per heavy atom. The Morgan fingerprint density at radius 1 is 1.26 bits per heavy atom. The van der Waals surface area contributed by atoms with Crippen LogP contribution in [0, 0.1) is 0 Å². The number of carbonyl (C=O) groups excluding carboxylic acids is 2. The lowest BCUT2D eigenvalue weighted by atomic mass is 10.1. The van der Waals surface area contributed by atoms with Gasteiger partial charge in [-0.15, -0.1) is 10.2 Å². The van der Waals surface area contributed by atoms with Crippen LogP contribution in [-0.4, -0.2) is 70.8 Å². The lowest BCUT2D eigenvalue weighted by Crippen LogP contribution is -2.35. The summed E-state index contributed by atoms with van der Waals surface area (Å²) in [4.78, 5) is 30.3. The van der Waals surface area contributed by atoms with Gasteiger partial charge >= 0.3 is 0 Å². The zero-order valence-corrected chi connectivity index (χ0v) is 22.5. The number of ether oxygens (including phenoxy) is 1. The third kappa shape index (κ3) is 5.74. The molecule has 2 aliphatic rings. The van der Waals surface area contributed by atoms with Gasteiger partial charge in [-0.3, -0.25) is 14.5 Å². The molecule has 2 aromatic carbocycles. The molecule has 10 nitrogen and oxygen atoms in total. The Hall–Kier alpha value is -3.28. The van der Waals surface area contributed by atoms with Crippen LogP contribution in [0.1, 0.15) is 40.7 Å². The van der Waals surface area contributed by atoms with Gasteiger partial charge in [0.15, 0.2) is 5.69 Å². The Balaban J connectivity index is 1.22. The molecule has 1 atom stereocenters. The Labute approximate surface area is 228 Å². The second kappa shape index (κ2) is 11.6. The fourth-order valence-corrected chi connectivity index (χ4v) is 5.78. The lowest BCUT2D eigenvalue weighted by Gasteiger charge is -2.22. The van der Waals surface area contributed by atoms with Crippen molar-refractivity contribution in [2.45, 2.75) is 38.1 Å². The number of aromatic hydroxyl groups is 1. The number of nitrogens with one attached hydrogen (secondary N) is 2. The van der Waals surface area contributed by atoms with E-state index in [9.17, 15) is 19.8 Å². The van der Waals surface area contributed by atoms with Crippen molar-refractivity contribution in [1.82, 2.24) is 15.2 Å². The van der Waals surface area contributed by atoms with Crippen LogP contribution in [0.2, 0.25) is 0 Å². The van der Waals surface area contributed by atoms with Gasteiger partial charge in [-0.25, -0.2) is 0 Å². The summed E-state index contributed by atoms with van der Waals surface area (Å²) in [6, 6.07) is 9.15. The maximum Gasteiger partial charge on any atom is 0.269 e. The average Bonchev–Trinajstić information content (AvgIpc) is 3.63. The topological polar surface area (TPSA) is 140 Å². The SMILES string of the molecule is O=C(Cc1ccc2c(c1)CCO2)N=Nc1c(O)[nH]c2cc(C(=O)NCCCN3CCC[C@@H]3CO)cc(Br)c12. The first-order valence-electron chi connectivity index (χ1n) is 12.8. The molecule has 1 fully saturated rings. The smallest absolute Gasteiger partial charge is 0.269 e. The highest BCUT2D eigenvalue weighted by molar-refractivity contribution is 9.10. The second-order valence-corrected chi connectivity index (χ2v) is 10.5. The minimum atomic E-state index is -0.441. The number of H-pyrrole nitrogens is 1. The third-order valence-electron chi connectivity index (χ3n) is 7.05.